The Hall–Kier alpha value is -1.88. The third-order valence-corrected chi connectivity index (χ3v) is 4.14. The van der Waals surface area contributed by atoms with Crippen LogP contribution in [0.5, 0.6) is 0 Å². The van der Waals surface area contributed by atoms with Gasteiger partial charge >= 0.3 is 6.03 Å². The fraction of sp³-hybridized carbons (Fsp3) is 0.267. The van der Waals surface area contributed by atoms with Crippen LogP contribution in [0.3, 0.4) is 0 Å². The summed E-state index contributed by atoms with van der Waals surface area (Å²) in [5.41, 5.74) is 2.52. The highest BCUT2D eigenvalue weighted by atomic mass is 32.1. The van der Waals surface area contributed by atoms with Crippen LogP contribution in [0.15, 0.2) is 29.6 Å². The van der Waals surface area contributed by atoms with E-state index in [-0.39, 0.29) is 11.8 Å². The number of thiophene rings is 1. The van der Waals surface area contributed by atoms with Crippen molar-refractivity contribution in [2.75, 3.05) is 12.4 Å². The maximum Gasteiger partial charge on any atom is 0.321 e. The summed E-state index contributed by atoms with van der Waals surface area (Å²) in [6.07, 6.45) is 0. The van der Waals surface area contributed by atoms with Crippen LogP contribution in [0.1, 0.15) is 16.0 Å². The number of anilines is 1. The molecule has 0 saturated carbocycles. The van der Waals surface area contributed by atoms with Gasteiger partial charge in [-0.15, -0.1) is 11.3 Å². The number of carbonyl (C=O) groups is 1. The van der Waals surface area contributed by atoms with Crippen LogP contribution in [0.4, 0.5) is 14.9 Å². The quantitative estimate of drug-likeness (QED) is 0.905. The van der Waals surface area contributed by atoms with Crippen molar-refractivity contribution in [3.63, 3.8) is 0 Å². The van der Waals surface area contributed by atoms with Gasteiger partial charge in [0.2, 0.25) is 0 Å². The second-order valence-corrected chi connectivity index (χ2v) is 5.77. The van der Waals surface area contributed by atoms with Gasteiger partial charge in [0.05, 0.1) is 6.54 Å². The molecule has 0 bridgehead atoms. The van der Waals surface area contributed by atoms with Crippen molar-refractivity contribution in [1.29, 1.82) is 0 Å². The number of benzene rings is 1. The molecule has 0 unspecified atom stereocenters. The molecule has 0 spiro atoms. The molecule has 106 valence electrons. The van der Waals surface area contributed by atoms with Gasteiger partial charge in [-0.3, -0.25) is 0 Å². The summed E-state index contributed by atoms with van der Waals surface area (Å²) in [4.78, 5) is 14.8. The summed E-state index contributed by atoms with van der Waals surface area (Å²) in [5, 5.41) is 4.74. The van der Waals surface area contributed by atoms with Crippen molar-refractivity contribution in [3.8, 4) is 0 Å². The summed E-state index contributed by atoms with van der Waals surface area (Å²) in [6, 6.07) is 6.14. The highest BCUT2D eigenvalue weighted by molar-refractivity contribution is 7.10. The number of rotatable bonds is 3. The zero-order valence-electron chi connectivity index (χ0n) is 11.7. The summed E-state index contributed by atoms with van der Waals surface area (Å²) in [7, 11) is 1.73. The van der Waals surface area contributed by atoms with E-state index in [9.17, 15) is 9.18 Å². The molecular weight excluding hydrogens is 275 g/mol. The first kappa shape index (κ1) is 14.5. The second-order valence-electron chi connectivity index (χ2n) is 4.77. The predicted molar refractivity (Wildman–Crippen MR) is 80.7 cm³/mol. The van der Waals surface area contributed by atoms with Crippen LogP contribution < -0.4 is 5.32 Å². The molecule has 0 aliphatic rings. The normalized spacial score (nSPS) is 10.4. The van der Waals surface area contributed by atoms with E-state index in [0.29, 0.717) is 12.2 Å². The Kier molecular flexibility index (Phi) is 4.39. The number of hydrogen-bond donors (Lipinski definition) is 1. The van der Waals surface area contributed by atoms with Crippen molar-refractivity contribution in [2.45, 2.75) is 20.4 Å². The minimum Gasteiger partial charge on any atom is -0.322 e. The molecule has 20 heavy (non-hydrogen) atoms. The van der Waals surface area contributed by atoms with Crippen molar-refractivity contribution in [1.82, 2.24) is 4.90 Å². The molecular formula is C15H17FN2OS. The fourth-order valence-electron chi connectivity index (χ4n) is 1.79. The monoisotopic (exact) mass is 292 g/mol. The molecule has 2 amide bonds. The third kappa shape index (κ3) is 3.36. The SMILES string of the molecule is Cc1ccc(F)cc1NC(=O)N(C)Cc1sccc1C. The van der Waals surface area contributed by atoms with Crippen LogP contribution in [-0.4, -0.2) is 18.0 Å². The van der Waals surface area contributed by atoms with Crippen LogP contribution in [-0.2, 0) is 6.54 Å². The first-order valence-corrected chi connectivity index (χ1v) is 7.16. The van der Waals surface area contributed by atoms with Gasteiger partial charge in [-0.1, -0.05) is 6.07 Å². The zero-order chi connectivity index (χ0) is 14.7. The Balaban J connectivity index is 2.04. The van der Waals surface area contributed by atoms with Gasteiger partial charge in [0.25, 0.3) is 0 Å². The smallest absolute Gasteiger partial charge is 0.321 e. The summed E-state index contributed by atoms with van der Waals surface area (Å²) >= 11 is 1.63. The Morgan fingerprint density at radius 1 is 1.30 bits per heavy atom. The van der Waals surface area contributed by atoms with E-state index < -0.39 is 0 Å². The van der Waals surface area contributed by atoms with Crippen molar-refractivity contribution < 1.29 is 9.18 Å². The Morgan fingerprint density at radius 2 is 2.05 bits per heavy atom. The molecule has 1 heterocycles. The molecule has 0 fully saturated rings. The van der Waals surface area contributed by atoms with Gasteiger partial charge in [0.1, 0.15) is 5.82 Å². The van der Waals surface area contributed by atoms with E-state index >= 15 is 0 Å². The number of urea groups is 1. The molecule has 0 aliphatic carbocycles. The molecule has 2 aromatic rings. The van der Waals surface area contributed by atoms with E-state index in [1.165, 1.54) is 17.7 Å². The number of amides is 2. The van der Waals surface area contributed by atoms with E-state index in [4.69, 9.17) is 0 Å². The lowest BCUT2D eigenvalue weighted by Gasteiger charge is -2.18. The summed E-state index contributed by atoms with van der Waals surface area (Å²) in [5.74, 6) is -0.359. The zero-order valence-corrected chi connectivity index (χ0v) is 12.6. The number of aryl methyl sites for hydroxylation is 2. The largest absolute Gasteiger partial charge is 0.322 e. The third-order valence-electron chi connectivity index (χ3n) is 3.14. The predicted octanol–water partition coefficient (Wildman–Crippen LogP) is 4.17. The maximum atomic E-state index is 13.2. The van der Waals surface area contributed by atoms with Gasteiger partial charge in [-0.2, -0.15) is 0 Å². The van der Waals surface area contributed by atoms with E-state index in [1.807, 2.05) is 25.3 Å². The number of nitrogens with one attached hydrogen (secondary N) is 1. The average molecular weight is 292 g/mol. The first-order valence-electron chi connectivity index (χ1n) is 6.28. The van der Waals surface area contributed by atoms with E-state index in [0.717, 1.165) is 10.4 Å². The van der Waals surface area contributed by atoms with E-state index in [1.54, 1.807) is 29.4 Å². The lowest BCUT2D eigenvalue weighted by Crippen LogP contribution is -2.31. The molecule has 3 nitrogen and oxygen atoms in total. The molecule has 1 aromatic heterocycles. The Morgan fingerprint density at radius 3 is 2.70 bits per heavy atom. The molecule has 5 heteroatoms. The molecule has 1 aromatic carbocycles. The van der Waals surface area contributed by atoms with Crippen molar-refractivity contribution in [3.05, 3.63) is 51.5 Å². The topological polar surface area (TPSA) is 32.3 Å². The Bertz CT molecular complexity index is 624. The number of hydrogen-bond acceptors (Lipinski definition) is 2. The first-order chi connectivity index (χ1) is 9.47. The summed E-state index contributed by atoms with van der Waals surface area (Å²) < 4.78 is 13.2. The van der Waals surface area contributed by atoms with Crippen LogP contribution in [0.2, 0.25) is 0 Å². The minimum atomic E-state index is -0.359. The van der Waals surface area contributed by atoms with Gasteiger partial charge < -0.3 is 10.2 Å². The van der Waals surface area contributed by atoms with Gasteiger partial charge in [0.15, 0.2) is 0 Å². The van der Waals surface area contributed by atoms with Crippen LogP contribution >= 0.6 is 11.3 Å². The maximum absolute atomic E-state index is 13.2. The molecule has 0 saturated heterocycles. The van der Waals surface area contributed by atoms with Gasteiger partial charge in [0, 0.05) is 17.6 Å². The van der Waals surface area contributed by atoms with Crippen molar-refractivity contribution in [2.24, 2.45) is 0 Å². The average Bonchev–Trinajstić information content (AvgIpc) is 2.79. The summed E-state index contributed by atoms with van der Waals surface area (Å²) in [6.45, 7) is 4.40. The minimum absolute atomic E-state index is 0.244. The van der Waals surface area contributed by atoms with Crippen LogP contribution in [0.25, 0.3) is 0 Å². The molecule has 0 radical (unpaired) electrons. The second kappa shape index (κ2) is 6.05. The molecule has 1 N–H and O–H groups in total. The molecule has 0 aliphatic heterocycles. The van der Waals surface area contributed by atoms with E-state index in [2.05, 4.69) is 5.32 Å². The van der Waals surface area contributed by atoms with Gasteiger partial charge in [-0.05, 0) is 48.6 Å². The lowest BCUT2D eigenvalue weighted by atomic mass is 10.2. The molecule has 0 atom stereocenters. The van der Waals surface area contributed by atoms with Crippen molar-refractivity contribution >= 4 is 23.1 Å². The fourth-order valence-corrected chi connectivity index (χ4v) is 2.75. The number of carbonyl (C=O) groups excluding carboxylic acids is 1. The lowest BCUT2D eigenvalue weighted by molar-refractivity contribution is 0.221. The van der Waals surface area contributed by atoms with Crippen LogP contribution in [0, 0.1) is 19.7 Å². The Labute approximate surface area is 122 Å². The standard InChI is InChI=1S/C15H17FN2OS/c1-10-4-5-12(16)8-13(10)17-15(19)18(3)9-14-11(2)6-7-20-14/h4-8H,9H2,1-3H3,(H,17,19). The number of halogens is 1. The highest BCUT2D eigenvalue weighted by Gasteiger charge is 2.12. The highest BCUT2D eigenvalue weighted by Crippen LogP contribution is 2.19. The number of nitrogens with zero attached hydrogens (tertiary/aromatic N) is 1. The molecule has 2 rings (SSSR count). The van der Waals surface area contributed by atoms with Gasteiger partial charge in [-0.25, -0.2) is 9.18 Å².